The molecule has 2 aromatic rings. The van der Waals surface area contributed by atoms with E-state index in [0.29, 0.717) is 5.56 Å². The van der Waals surface area contributed by atoms with Crippen molar-refractivity contribution in [2.24, 2.45) is 5.92 Å². The molecule has 5 nitrogen and oxygen atoms in total. The highest BCUT2D eigenvalue weighted by molar-refractivity contribution is 6.01. The number of hydrogen-bond donors (Lipinski definition) is 0. The summed E-state index contributed by atoms with van der Waals surface area (Å²) in [6, 6.07) is 12.5. The largest absolute Gasteiger partial charge is 0.425 e. The van der Waals surface area contributed by atoms with Gasteiger partial charge < -0.3 is 9.64 Å². The lowest BCUT2D eigenvalue weighted by Crippen LogP contribution is -2.28. The van der Waals surface area contributed by atoms with Crippen LogP contribution >= 0.6 is 0 Å². The van der Waals surface area contributed by atoms with Crippen molar-refractivity contribution >= 4 is 23.3 Å². The molecule has 0 N–H and O–H groups in total. The quantitative estimate of drug-likeness (QED) is 0.481. The third kappa shape index (κ3) is 3.52. The maximum absolute atomic E-state index is 12.6. The molecule has 0 unspecified atom stereocenters. The van der Waals surface area contributed by atoms with Crippen LogP contribution in [0.4, 0.5) is 5.69 Å². The molecule has 1 saturated heterocycles. The van der Waals surface area contributed by atoms with Crippen LogP contribution in [0, 0.1) is 19.8 Å². The Balaban J connectivity index is 1.78. The minimum absolute atomic E-state index is 0.0968. The van der Waals surface area contributed by atoms with Crippen molar-refractivity contribution < 1.29 is 19.1 Å². The third-order valence-electron chi connectivity index (χ3n) is 4.59. The van der Waals surface area contributed by atoms with Crippen molar-refractivity contribution in [2.45, 2.75) is 27.2 Å². The fraction of sp³-hybridized carbons (Fsp3) is 0.286. The van der Waals surface area contributed by atoms with Gasteiger partial charge in [0, 0.05) is 18.7 Å². The Hall–Kier alpha value is -2.95. The molecule has 1 fully saturated rings. The molecule has 26 heavy (non-hydrogen) atoms. The first-order valence-electron chi connectivity index (χ1n) is 8.56. The zero-order valence-electron chi connectivity index (χ0n) is 15.1. The molecule has 2 aromatic carbocycles. The molecule has 0 radical (unpaired) electrons. The smallest absolute Gasteiger partial charge is 0.316 e. The molecule has 5 heteroatoms. The van der Waals surface area contributed by atoms with Gasteiger partial charge in [0.25, 0.3) is 0 Å². The van der Waals surface area contributed by atoms with Crippen molar-refractivity contribution in [1.29, 1.82) is 0 Å². The fourth-order valence-corrected chi connectivity index (χ4v) is 3.15. The summed E-state index contributed by atoms with van der Waals surface area (Å²) in [7, 11) is 0. The van der Waals surface area contributed by atoms with Crippen LogP contribution in [0.15, 0.2) is 42.5 Å². The second-order valence-corrected chi connectivity index (χ2v) is 6.67. The summed E-state index contributed by atoms with van der Waals surface area (Å²) >= 11 is 0. The number of esters is 1. The standard InChI is InChI=1S/C21H21NO4/c1-13-8-9-14(2)18(10-13)22-12-16(11-20(22)24)21(25)26-19-7-5-4-6-17(19)15(3)23/h4-10,16H,11-12H2,1-3H3/t16-/m0/s1. The summed E-state index contributed by atoms with van der Waals surface area (Å²) in [5.41, 5.74) is 3.23. The molecule has 3 rings (SSSR count). The second kappa shape index (κ2) is 7.12. The predicted octanol–water partition coefficient (Wildman–Crippen LogP) is 3.46. The molecule has 134 valence electrons. The van der Waals surface area contributed by atoms with Gasteiger partial charge >= 0.3 is 5.97 Å². The summed E-state index contributed by atoms with van der Waals surface area (Å²) in [6.07, 6.45) is 0.106. The van der Waals surface area contributed by atoms with Gasteiger partial charge in [-0.15, -0.1) is 0 Å². The van der Waals surface area contributed by atoms with Crippen LogP contribution in [0.1, 0.15) is 34.8 Å². The molecule has 1 heterocycles. The van der Waals surface area contributed by atoms with Gasteiger partial charge in [0.2, 0.25) is 5.91 Å². The highest BCUT2D eigenvalue weighted by Gasteiger charge is 2.37. The minimum atomic E-state index is -0.553. The Morgan fingerprint density at radius 3 is 2.58 bits per heavy atom. The molecular weight excluding hydrogens is 330 g/mol. The monoisotopic (exact) mass is 351 g/mol. The number of ketones is 1. The molecular formula is C21H21NO4. The van der Waals surface area contributed by atoms with E-state index in [1.165, 1.54) is 6.92 Å². The van der Waals surface area contributed by atoms with Crippen LogP contribution < -0.4 is 9.64 Å². The first-order chi connectivity index (χ1) is 12.4. The minimum Gasteiger partial charge on any atom is -0.425 e. The lowest BCUT2D eigenvalue weighted by molar-refractivity contribution is -0.139. The lowest BCUT2D eigenvalue weighted by Gasteiger charge is -2.19. The van der Waals surface area contributed by atoms with E-state index < -0.39 is 11.9 Å². The normalized spacial score (nSPS) is 16.7. The Bertz CT molecular complexity index is 887. The molecule has 1 atom stereocenters. The van der Waals surface area contributed by atoms with E-state index in [0.717, 1.165) is 16.8 Å². The summed E-state index contributed by atoms with van der Waals surface area (Å²) in [6.45, 7) is 5.61. The van der Waals surface area contributed by atoms with Gasteiger partial charge in [-0.1, -0.05) is 24.3 Å². The van der Waals surface area contributed by atoms with Crippen LogP contribution in [0.5, 0.6) is 5.75 Å². The number of anilines is 1. The number of benzene rings is 2. The highest BCUT2D eigenvalue weighted by Crippen LogP contribution is 2.30. The van der Waals surface area contributed by atoms with E-state index in [9.17, 15) is 14.4 Å². The van der Waals surface area contributed by atoms with E-state index >= 15 is 0 Å². The number of aryl methyl sites for hydroxylation is 2. The Morgan fingerprint density at radius 1 is 1.12 bits per heavy atom. The number of rotatable bonds is 4. The van der Waals surface area contributed by atoms with Crippen molar-refractivity contribution in [1.82, 2.24) is 0 Å². The number of para-hydroxylation sites is 1. The molecule has 0 saturated carbocycles. The second-order valence-electron chi connectivity index (χ2n) is 6.67. The number of Topliss-reactive ketones (excluding diaryl/α,β-unsaturated/α-hetero) is 1. The number of carbonyl (C=O) groups excluding carboxylic acids is 3. The Labute approximate surface area is 152 Å². The van der Waals surface area contributed by atoms with Gasteiger partial charge in [-0.05, 0) is 50.1 Å². The summed E-state index contributed by atoms with van der Waals surface area (Å²) in [5.74, 6) is -1.07. The van der Waals surface area contributed by atoms with E-state index in [1.54, 1.807) is 29.2 Å². The molecule has 0 aliphatic carbocycles. The highest BCUT2D eigenvalue weighted by atomic mass is 16.5. The Morgan fingerprint density at radius 2 is 1.85 bits per heavy atom. The van der Waals surface area contributed by atoms with Crippen molar-refractivity contribution in [3.8, 4) is 5.75 Å². The lowest BCUT2D eigenvalue weighted by atomic mass is 10.1. The Kier molecular flexibility index (Phi) is 4.89. The average molecular weight is 351 g/mol. The number of nitrogens with zero attached hydrogens (tertiary/aromatic N) is 1. The first-order valence-corrected chi connectivity index (χ1v) is 8.56. The average Bonchev–Trinajstić information content (AvgIpc) is 2.99. The van der Waals surface area contributed by atoms with Gasteiger partial charge in [-0.25, -0.2) is 0 Å². The van der Waals surface area contributed by atoms with E-state index in [1.807, 2.05) is 32.0 Å². The fourth-order valence-electron chi connectivity index (χ4n) is 3.15. The molecule has 1 amide bonds. The van der Waals surface area contributed by atoms with Gasteiger partial charge in [0.05, 0.1) is 11.5 Å². The molecule has 1 aliphatic heterocycles. The predicted molar refractivity (Wildman–Crippen MR) is 98.5 cm³/mol. The number of hydrogen-bond acceptors (Lipinski definition) is 4. The third-order valence-corrected chi connectivity index (χ3v) is 4.59. The summed E-state index contributed by atoms with van der Waals surface area (Å²) in [4.78, 5) is 38.3. The van der Waals surface area contributed by atoms with Gasteiger partial charge in [0.1, 0.15) is 5.75 Å². The van der Waals surface area contributed by atoms with Crippen molar-refractivity contribution in [2.75, 3.05) is 11.4 Å². The maximum Gasteiger partial charge on any atom is 0.316 e. The van der Waals surface area contributed by atoms with Crippen LogP contribution in [0.25, 0.3) is 0 Å². The zero-order chi connectivity index (χ0) is 18.8. The summed E-state index contributed by atoms with van der Waals surface area (Å²) in [5, 5.41) is 0. The SMILES string of the molecule is CC(=O)c1ccccc1OC(=O)[C@H]1CC(=O)N(c2cc(C)ccc2C)C1. The van der Waals surface area contributed by atoms with Crippen LogP contribution in [-0.2, 0) is 9.59 Å². The molecule has 0 aromatic heterocycles. The summed E-state index contributed by atoms with van der Waals surface area (Å²) < 4.78 is 5.44. The molecule has 0 spiro atoms. The topological polar surface area (TPSA) is 63.7 Å². The van der Waals surface area contributed by atoms with E-state index in [2.05, 4.69) is 0 Å². The molecule has 1 aliphatic rings. The van der Waals surface area contributed by atoms with Gasteiger partial charge in [-0.2, -0.15) is 0 Å². The van der Waals surface area contributed by atoms with Crippen LogP contribution in [0.3, 0.4) is 0 Å². The maximum atomic E-state index is 12.6. The number of ether oxygens (including phenoxy) is 1. The van der Waals surface area contributed by atoms with Crippen molar-refractivity contribution in [3.05, 3.63) is 59.2 Å². The first kappa shape index (κ1) is 17.9. The van der Waals surface area contributed by atoms with E-state index in [-0.39, 0.29) is 30.4 Å². The van der Waals surface area contributed by atoms with Gasteiger partial charge in [0.15, 0.2) is 5.78 Å². The van der Waals surface area contributed by atoms with E-state index in [4.69, 9.17) is 4.74 Å². The number of carbonyl (C=O) groups is 3. The molecule has 0 bridgehead atoms. The van der Waals surface area contributed by atoms with Gasteiger partial charge in [-0.3, -0.25) is 14.4 Å². The number of amides is 1. The van der Waals surface area contributed by atoms with Crippen LogP contribution in [-0.4, -0.2) is 24.2 Å². The zero-order valence-corrected chi connectivity index (χ0v) is 15.1. The van der Waals surface area contributed by atoms with Crippen LogP contribution in [0.2, 0.25) is 0 Å². The van der Waals surface area contributed by atoms with Crippen molar-refractivity contribution in [3.63, 3.8) is 0 Å².